The van der Waals surface area contributed by atoms with Crippen LogP contribution in [-0.4, -0.2) is 12.3 Å². The molecule has 0 bridgehead atoms. The third kappa shape index (κ3) is 3.79. The summed E-state index contributed by atoms with van der Waals surface area (Å²) >= 11 is 0. The van der Waals surface area contributed by atoms with Gasteiger partial charge in [-0.1, -0.05) is 0 Å². The lowest BCUT2D eigenvalue weighted by Crippen LogP contribution is -2.64. The van der Waals surface area contributed by atoms with Crippen molar-refractivity contribution in [3.05, 3.63) is 116 Å². The predicted molar refractivity (Wildman–Crippen MR) is 113 cm³/mol. The molecule has 2 aliphatic rings. The molecule has 236 valence electrons. The maximum absolute atomic E-state index is 17.2. The number of fused-ring (bicyclic) bond motifs is 3. The minimum atomic E-state index is -5.85. The molecule has 0 saturated carbocycles. The van der Waals surface area contributed by atoms with Crippen LogP contribution in [0.25, 0.3) is 11.4 Å². The molecule has 0 radical (unpaired) electrons. The maximum Gasteiger partial charge on any atom is 0.282 e. The number of hydrogen-bond donors (Lipinski definition) is 0. The van der Waals surface area contributed by atoms with Crippen LogP contribution in [0, 0.1) is 81.4 Å². The Hall–Kier alpha value is -4.39. The second-order valence-electron chi connectivity index (χ2n) is 9.12. The van der Waals surface area contributed by atoms with Gasteiger partial charge in [0, 0.05) is 27.6 Å². The van der Waals surface area contributed by atoms with E-state index in [2.05, 4.69) is 0 Å². The third-order valence-corrected chi connectivity index (χ3v) is 6.96. The van der Waals surface area contributed by atoms with Crippen molar-refractivity contribution in [1.82, 2.24) is 0 Å². The first-order valence-electron chi connectivity index (χ1n) is 11.2. The smallest absolute Gasteiger partial charge is 0.239 e. The van der Waals surface area contributed by atoms with Crippen LogP contribution in [0.15, 0.2) is 23.1 Å². The molecule has 45 heavy (non-hydrogen) atoms. The second kappa shape index (κ2) is 10.1. The summed E-state index contributed by atoms with van der Waals surface area (Å²) in [5.74, 6) is -58.0. The molecule has 0 N–H and O–H groups in total. The number of hydrogen-bond acceptors (Lipinski definition) is 0. The Kier molecular flexibility index (Phi) is 7.16. The van der Waals surface area contributed by atoms with Crippen LogP contribution in [0.3, 0.4) is 0 Å². The van der Waals surface area contributed by atoms with Crippen LogP contribution in [0.5, 0.6) is 0 Å². The predicted octanol–water partition coefficient (Wildman–Crippen LogP) is 7.73. The molecule has 1 unspecified atom stereocenters. The van der Waals surface area contributed by atoms with Crippen LogP contribution in [0.1, 0.15) is 11.1 Å². The molecule has 0 fully saturated rings. The summed E-state index contributed by atoms with van der Waals surface area (Å²) in [6, 6.07) is 0. The van der Waals surface area contributed by atoms with Gasteiger partial charge in [-0.05, 0) is 0 Å². The zero-order chi connectivity index (χ0) is 33.9. The molecule has 3 aromatic carbocycles. The highest BCUT2D eigenvalue weighted by Crippen LogP contribution is 2.59. The molecule has 0 saturated heterocycles. The molecule has 0 aromatic heterocycles. The number of halogens is 19. The van der Waals surface area contributed by atoms with E-state index < -0.39 is 150 Å². The summed E-state index contributed by atoms with van der Waals surface area (Å²) in [4.78, 5) is 0. The lowest BCUT2D eigenvalue weighted by molar-refractivity contribution is 0.294. The average Bonchev–Trinajstić information content (AvgIpc) is 3.33. The Morgan fingerprint density at radius 2 is 0.644 bits per heavy atom. The van der Waals surface area contributed by atoms with Gasteiger partial charge in [-0.15, -0.1) is 0 Å². The molecule has 5 rings (SSSR count). The van der Waals surface area contributed by atoms with Crippen LogP contribution in [-0.2, 0) is 0 Å². The molecule has 0 nitrogen and oxygen atoms in total. The summed E-state index contributed by atoms with van der Waals surface area (Å²) in [5, 5.41) is 0. The highest BCUT2D eigenvalue weighted by Gasteiger charge is 2.64. The fraction of sp³-hybridized carbons (Fsp3) is 0.0400. The van der Waals surface area contributed by atoms with Gasteiger partial charge in [-0.2, -0.15) is 0 Å². The van der Waals surface area contributed by atoms with E-state index in [9.17, 15) is 52.7 Å². The minimum Gasteiger partial charge on any atom is -0.239 e. The van der Waals surface area contributed by atoms with Crippen LogP contribution in [0.4, 0.5) is 83.4 Å². The van der Waals surface area contributed by atoms with Gasteiger partial charge < -0.3 is 0 Å². The van der Waals surface area contributed by atoms with Gasteiger partial charge in [0.25, 0.3) is 6.71 Å². The van der Waals surface area contributed by atoms with Gasteiger partial charge in [0.1, 0.15) is 5.83 Å². The van der Waals surface area contributed by atoms with E-state index in [-0.39, 0.29) is 0 Å². The van der Waals surface area contributed by atoms with Gasteiger partial charge in [-0.3, -0.25) is 0 Å². The minimum absolute atomic E-state index is 2.35. The molecule has 0 heterocycles. The number of benzene rings is 3. The largest absolute Gasteiger partial charge is 0.282 e. The van der Waals surface area contributed by atoms with Crippen molar-refractivity contribution in [3.8, 4) is 0 Å². The van der Waals surface area contributed by atoms with Crippen LogP contribution < -0.4 is 10.9 Å². The quantitative estimate of drug-likeness (QED) is 0.116. The summed E-state index contributed by atoms with van der Waals surface area (Å²) in [7, 11) is 0. The molecule has 20 heteroatoms. The van der Waals surface area contributed by atoms with Crippen molar-refractivity contribution < 1.29 is 83.4 Å². The maximum atomic E-state index is 17.2. The van der Waals surface area contributed by atoms with Crippen molar-refractivity contribution in [3.63, 3.8) is 0 Å². The van der Waals surface area contributed by atoms with E-state index in [0.29, 0.717) is 0 Å². The van der Waals surface area contributed by atoms with Crippen LogP contribution >= 0.6 is 0 Å². The zero-order valence-electron chi connectivity index (χ0n) is 20.3. The summed E-state index contributed by atoms with van der Waals surface area (Å²) in [6.07, 6.45) is 0. The highest BCUT2D eigenvalue weighted by molar-refractivity contribution is 6.89. The zero-order valence-corrected chi connectivity index (χ0v) is 20.3. The average molecular weight is 672 g/mol. The number of rotatable bonds is 3. The molecule has 1 atom stereocenters. The molecule has 0 amide bonds. The molecular formula is C25BF19. The fourth-order valence-electron chi connectivity index (χ4n) is 5.03. The van der Waals surface area contributed by atoms with E-state index in [4.69, 9.17) is 0 Å². The normalized spacial score (nSPS) is 17.9. The first-order valence-corrected chi connectivity index (χ1v) is 11.2. The van der Waals surface area contributed by atoms with Crippen molar-refractivity contribution >= 4 is 29.0 Å². The summed E-state index contributed by atoms with van der Waals surface area (Å²) < 4.78 is 280. The van der Waals surface area contributed by atoms with E-state index in [1.165, 1.54) is 0 Å². The second-order valence-corrected chi connectivity index (χ2v) is 9.12. The van der Waals surface area contributed by atoms with Crippen molar-refractivity contribution in [2.24, 2.45) is 0 Å². The van der Waals surface area contributed by atoms with E-state index >= 15 is 30.7 Å². The lowest BCUT2D eigenvalue weighted by Gasteiger charge is -2.36. The Morgan fingerprint density at radius 1 is 0.333 bits per heavy atom. The molecule has 0 spiro atoms. The summed E-state index contributed by atoms with van der Waals surface area (Å²) in [6.45, 7) is -4.74. The van der Waals surface area contributed by atoms with Crippen molar-refractivity contribution in [2.75, 3.05) is 0 Å². The van der Waals surface area contributed by atoms with E-state index in [1.807, 2.05) is 0 Å². The topological polar surface area (TPSA) is 0 Å². The van der Waals surface area contributed by atoms with Gasteiger partial charge in [0.2, 0.25) is 0 Å². The molecule has 2 aliphatic carbocycles. The molecule has 3 aromatic rings. The molecule has 0 aliphatic heterocycles. The lowest BCUT2D eigenvalue weighted by atomic mass is 9.29. The standard InChI is InChI=1S/C25BF19/c27-7-3-1(8(28)15(35)16(36)10(3)30)2-4(7)25(45,24(44)23(43)9(2)29)26(5-11(31)17(37)21(41)18(38)12(5)32)6-13(33)19(39)22(42)20(40)14(6)34. The highest BCUT2D eigenvalue weighted by atomic mass is 19.2. The number of allylic oxidation sites excluding steroid dienone is 5. The third-order valence-electron chi connectivity index (χ3n) is 6.96. The van der Waals surface area contributed by atoms with Gasteiger partial charge in [0.15, 0.2) is 104 Å². The first kappa shape index (κ1) is 32.0. The van der Waals surface area contributed by atoms with E-state index in [1.54, 1.807) is 0 Å². The summed E-state index contributed by atoms with van der Waals surface area (Å²) in [5.41, 5.74) is -22.4. The Labute approximate surface area is 234 Å². The van der Waals surface area contributed by atoms with Crippen LogP contribution in [0.2, 0.25) is 0 Å². The van der Waals surface area contributed by atoms with Crippen molar-refractivity contribution in [1.29, 1.82) is 0 Å². The first-order chi connectivity index (χ1) is 20.8. The van der Waals surface area contributed by atoms with Gasteiger partial charge in [-0.25, -0.2) is 83.4 Å². The number of alkyl halides is 1. The Bertz CT molecular complexity index is 1880. The van der Waals surface area contributed by atoms with E-state index in [0.717, 1.165) is 0 Å². The van der Waals surface area contributed by atoms with Gasteiger partial charge in [0.05, 0.1) is 5.56 Å². The monoisotopic (exact) mass is 672 g/mol. The van der Waals surface area contributed by atoms with Crippen molar-refractivity contribution in [2.45, 2.75) is 5.57 Å². The molecular weight excluding hydrogens is 672 g/mol. The Morgan fingerprint density at radius 3 is 1.02 bits per heavy atom. The fourth-order valence-corrected chi connectivity index (χ4v) is 5.03. The van der Waals surface area contributed by atoms with Gasteiger partial charge >= 0.3 is 0 Å². The SMILES string of the molecule is FC1=C2C(=C(F)c3c(F)c(F)c(F)c(F)c32)C(F)(B(c2c(F)c(F)c(F)c(F)c2F)c2c(F)c(F)c(F)c(F)c2F)C(F)=C1F. The Balaban J connectivity index is 2.08.